The number of likely N-dealkylation sites (tertiary alicyclic amines) is 1. The molecule has 0 aromatic carbocycles. The standard InChI is InChI=1S/C16H26N4O2/c1-13-10-20(12-15(13)19-5-7-22-8-6-19)16(21)4-3-14-9-17-18(2)11-14/h9,11,13,15H,3-8,10,12H2,1-2H3/t13-,15+/m0/s1. The first-order valence-corrected chi connectivity index (χ1v) is 8.20. The first-order chi connectivity index (χ1) is 10.6. The number of hydrogen-bond acceptors (Lipinski definition) is 4. The Balaban J connectivity index is 1.51. The van der Waals surface area contributed by atoms with Gasteiger partial charge in [0.1, 0.15) is 0 Å². The number of nitrogens with zero attached hydrogens (tertiary/aromatic N) is 4. The molecule has 0 bridgehead atoms. The highest BCUT2D eigenvalue weighted by Crippen LogP contribution is 2.23. The highest BCUT2D eigenvalue weighted by Gasteiger charge is 2.36. The van der Waals surface area contributed by atoms with Crippen molar-refractivity contribution in [3.8, 4) is 0 Å². The molecule has 3 heterocycles. The third-order valence-corrected chi connectivity index (χ3v) is 4.83. The molecule has 6 nitrogen and oxygen atoms in total. The minimum atomic E-state index is 0.270. The number of hydrogen-bond donors (Lipinski definition) is 0. The van der Waals surface area contributed by atoms with Crippen LogP contribution in [0.2, 0.25) is 0 Å². The van der Waals surface area contributed by atoms with Crippen LogP contribution in [0.3, 0.4) is 0 Å². The van der Waals surface area contributed by atoms with E-state index in [1.807, 2.05) is 24.3 Å². The van der Waals surface area contributed by atoms with Gasteiger partial charge in [-0.05, 0) is 17.9 Å². The molecule has 2 fully saturated rings. The van der Waals surface area contributed by atoms with Crippen LogP contribution in [0, 0.1) is 5.92 Å². The van der Waals surface area contributed by atoms with Gasteiger partial charge in [-0.15, -0.1) is 0 Å². The topological polar surface area (TPSA) is 50.6 Å². The van der Waals surface area contributed by atoms with E-state index in [9.17, 15) is 4.79 Å². The van der Waals surface area contributed by atoms with Crippen LogP contribution in [0.4, 0.5) is 0 Å². The number of rotatable bonds is 4. The van der Waals surface area contributed by atoms with E-state index >= 15 is 0 Å². The summed E-state index contributed by atoms with van der Waals surface area (Å²) in [7, 11) is 1.90. The van der Waals surface area contributed by atoms with Crippen molar-refractivity contribution in [3.63, 3.8) is 0 Å². The monoisotopic (exact) mass is 306 g/mol. The Bertz CT molecular complexity index is 510. The van der Waals surface area contributed by atoms with Gasteiger partial charge in [0.25, 0.3) is 0 Å². The predicted molar refractivity (Wildman–Crippen MR) is 83.5 cm³/mol. The Kier molecular flexibility index (Phi) is 4.78. The van der Waals surface area contributed by atoms with Gasteiger partial charge in [0.15, 0.2) is 0 Å². The maximum Gasteiger partial charge on any atom is 0.222 e. The first kappa shape index (κ1) is 15.5. The largest absolute Gasteiger partial charge is 0.379 e. The molecule has 2 saturated heterocycles. The van der Waals surface area contributed by atoms with Gasteiger partial charge in [0.05, 0.1) is 19.4 Å². The first-order valence-electron chi connectivity index (χ1n) is 8.20. The van der Waals surface area contributed by atoms with E-state index in [4.69, 9.17) is 4.74 Å². The van der Waals surface area contributed by atoms with E-state index < -0.39 is 0 Å². The van der Waals surface area contributed by atoms with E-state index in [1.54, 1.807) is 4.68 Å². The smallest absolute Gasteiger partial charge is 0.222 e. The number of amides is 1. The zero-order valence-corrected chi connectivity index (χ0v) is 13.6. The normalized spacial score (nSPS) is 26.5. The summed E-state index contributed by atoms with van der Waals surface area (Å²) in [5.41, 5.74) is 1.13. The summed E-state index contributed by atoms with van der Waals surface area (Å²) in [5, 5.41) is 4.15. The highest BCUT2D eigenvalue weighted by molar-refractivity contribution is 5.76. The number of aryl methyl sites for hydroxylation is 2. The lowest BCUT2D eigenvalue weighted by Gasteiger charge is -2.34. The van der Waals surface area contributed by atoms with Crippen molar-refractivity contribution in [3.05, 3.63) is 18.0 Å². The van der Waals surface area contributed by atoms with Crippen LogP contribution in [0.1, 0.15) is 18.9 Å². The van der Waals surface area contributed by atoms with E-state index in [0.29, 0.717) is 18.4 Å². The third kappa shape index (κ3) is 3.50. The molecule has 22 heavy (non-hydrogen) atoms. The molecule has 0 spiro atoms. The summed E-state index contributed by atoms with van der Waals surface area (Å²) in [5.74, 6) is 0.812. The van der Waals surface area contributed by atoms with Crippen molar-refractivity contribution in [1.82, 2.24) is 19.6 Å². The number of ether oxygens (including phenoxy) is 1. The van der Waals surface area contributed by atoms with Gasteiger partial charge in [0, 0.05) is 51.9 Å². The van der Waals surface area contributed by atoms with Gasteiger partial charge in [-0.1, -0.05) is 6.92 Å². The zero-order chi connectivity index (χ0) is 15.5. The van der Waals surface area contributed by atoms with Crippen molar-refractivity contribution in [2.24, 2.45) is 13.0 Å². The van der Waals surface area contributed by atoms with E-state index in [2.05, 4.69) is 16.9 Å². The van der Waals surface area contributed by atoms with Crippen LogP contribution in [-0.2, 0) is 23.0 Å². The molecule has 2 atom stereocenters. The van der Waals surface area contributed by atoms with Gasteiger partial charge >= 0.3 is 0 Å². The van der Waals surface area contributed by atoms with Gasteiger partial charge < -0.3 is 9.64 Å². The van der Waals surface area contributed by atoms with E-state index in [1.165, 1.54) is 0 Å². The molecule has 122 valence electrons. The van der Waals surface area contributed by atoms with Crippen LogP contribution >= 0.6 is 0 Å². The molecule has 0 aliphatic carbocycles. The summed E-state index contributed by atoms with van der Waals surface area (Å²) in [6, 6.07) is 0.492. The fraction of sp³-hybridized carbons (Fsp3) is 0.750. The Morgan fingerprint density at radius 2 is 2.14 bits per heavy atom. The van der Waals surface area contributed by atoms with Gasteiger partial charge in [-0.3, -0.25) is 14.4 Å². The van der Waals surface area contributed by atoms with Crippen molar-refractivity contribution < 1.29 is 9.53 Å². The third-order valence-electron chi connectivity index (χ3n) is 4.83. The van der Waals surface area contributed by atoms with Gasteiger partial charge in [0.2, 0.25) is 5.91 Å². The highest BCUT2D eigenvalue weighted by atomic mass is 16.5. The van der Waals surface area contributed by atoms with Crippen LogP contribution in [0.25, 0.3) is 0 Å². The maximum absolute atomic E-state index is 12.5. The molecule has 6 heteroatoms. The van der Waals surface area contributed by atoms with E-state index in [0.717, 1.165) is 51.4 Å². The van der Waals surface area contributed by atoms with Gasteiger partial charge in [-0.2, -0.15) is 5.10 Å². The molecular formula is C16H26N4O2. The Morgan fingerprint density at radius 1 is 1.36 bits per heavy atom. The molecule has 3 rings (SSSR count). The maximum atomic E-state index is 12.5. The lowest BCUT2D eigenvalue weighted by molar-refractivity contribution is -0.130. The summed E-state index contributed by atoms with van der Waals surface area (Å²) in [6.07, 6.45) is 5.18. The zero-order valence-electron chi connectivity index (χ0n) is 13.6. The Hall–Kier alpha value is -1.40. The fourth-order valence-electron chi connectivity index (χ4n) is 3.55. The Labute approximate surface area is 132 Å². The second-order valence-corrected chi connectivity index (χ2v) is 6.51. The van der Waals surface area contributed by atoms with Crippen LogP contribution in [-0.4, -0.2) is 70.9 Å². The summed E-state index contributed by atoms with van der Waals surface area (Å²) < 4.78 is 7.21. The van der Waals surface area contributed by atoms with Crippen LogP contribution < -0.4 is 0 Å². The number of carbonyl (C=O) groups excluding carboxylic acids is 1. The molecule has 0 N–H and O–H groups in total. The van der Waals surface area contributed by atoms with Gasteiger partial charge in [-0.25, -0.2) is 0 Å². The SMILES string of the molecule is C[C@H]1CN(C(=O)CCc2cnn(C)c2)C[C@H]1N1CCOCC1. The molecule has 0 unspecified atom stereocenters. The van der Waals surface area contributed by atoms with Crippen molar-refractivity contribution in [2.45, 2.75) is 25.8 Å². The molecule has 2 aliphatic heterocycles. The Morgan fingerprint density at radius 3 is 2.82 bits per heavy atom. The molecule has 0 saturated carbocycles. The quantitative estimate of drug-likeness (QED) is 0.814. The predicted octanol–water partition coefficient (Wildman–Crippen LogP) is 0.532. The number of carbonyl (C=O) groups is 1. The average Bonchev–Trinajstić information content (AvgIpc) is 3.12. The summed E-state index contributed by atoms with van der Waals surface area (Å²) >= 11 is 0. The van der Waals surface area contributed by atoms with Crippen LogP contribution in [0.5, 0.6) is 0 Å². The van der Waals surface area contributed by atoms with E-state index in [-0.39, 0.29) is 5.91 Å². The molecule has 1 aromatic rings. The summed E-state index contributed by atoms with van der Waals surface area (Å²) in [6.45, 7) is 7.63. The molecule has 2 aliphatic rings. The molecular weight excluding hydrogens is 280 g/mol. The second-order valence-electron chi connectivity index (χ2n) is 6.51. The minimum absolute atomic E-state index is 0.270. The number of morpholine rings is 1. The summed E-state index contributed by atoms with van der Waals surface area (Å²) in [4.78, 5) is 17.0. The van der Waals surface area contributed by atoms with Crippen LogP contribution in [0.15, 0.2) is 12.4 Å². The van der Waals surface area contributed by atoms with Crippen molar-refractivity contribution >= 4 is 5.91 Å². The average molecular weight is 306 g/mol. The minimum Gasteiger partial charge on any atom is -0.379 e. The molecule has 0 radical (unpaired) electrons. The molecule has 1 amide bonds. The van der Waals surface area contributed by atoms with Crippen molar-refractivity contribution in [1.29, 1.82) is 0 Å². The second kappa shape index (κ2) is 6.79. The molecule has 1 aromatic heterocycles. The van der Waals surface area contributed by atoms with Crippen molar-refractivity contribution in [2.75, 3.05) is 39.4 Å². The lowest BCUT2D eigenvalue weighted by atomic mass is 10.0. The lowest BCUT2D eigenvalue weighted by Crippen LogP contribution is -2.47. The fourth-order valence-corrected chi connectivity index (χ4v) is 3.55. The number of aromatic nitrogens is 2.